The Kier molecular flexibility index (Phi) is 7.90. The minimum Gasteiger partial charge on any atom is -0.340 e. The van der Waals surface area contributed by atoms with Crippen LogP contribution in [0.4, 0.5) is 5.69 Å². The lowest BCUT2D eigenvalue weighted by Crippen LogP contribution is -2.45. The van der Waals surface area contributed by atoms with E-state index in [0.717, 1.165) is 26.2 Å². The number of amides is 2. The highest BCUT2D eigenvalue weighted by Crippen LogP contribution is 2.32. The van der Waals surface area contributed by atoms with E-state index in [-0.39, 0.29) is 17.4 Å². The molecule has 0 saturated carbocycles. The van der Waals surface area contributed by atoms with Crippen LogP contribution in [-0.4, -0.2) is 23.4 Å². The van der Waals surface area contributed by atoms with Crippen molar-refractivity contribution in [3.63, 3.8) is 0 Å². The molecule has 0 saturated heterocycles. The minimum atomic E-state index is -0.711. The Balaban J connectivity index is 1.58. The monoisotopic (exact) mass is 503 g/mol. The maximum Gasteiger partial charge on any atom is 0.251 e. The zero-order valence-corrected chi connectivity index (χ0v) is 21.6. The van der Waals surface area contributed by atoms with Crippen molar-refractivity contribution in [3.05, 3.63) is 94.7 Å². The largest absolute Gasteiger partial charge is 0.340 e. The highest BCUT2D eigenvalue weighted by atomic mass is 32.2. The lowest BCUT2D eigenvalue weighted by molar-refractivity contribution is -0.117. The van der Waals surface area contributed by atoms with Crippen molar-refractivity contribution < 1.29 is 9.59 Å². The molecule has 4 rings (SSSR count). The third-order valence-corrected chi connectivity index (χ3v) is 7.44. The van der Waals surface area contributed by atoms with Crippen molar-refractivity contribution in [1.29, 1.82) is 0 Å². The molecule has 1 aromatic heterocycles. The van der Waals surface area contributed by atoms with Gasteiger partial charge in [-0.25, -0.2) is 0 Å². The van der Waals surface area contributed by atoms with E-state index in [9.17, 15) is 9.59 Å². The first kappa shape index (κ1) is 25.0. The van der Waals surface area contributed by atoms with Gasteiger partial charge in [0.1, 0.15) is 6.04 Å². The number of hydrogen-bond acceptors (Lipinski definition) is 5. The van der Waals surface area contributed by atoms with E-state index in [2.05, 4.69) is 48.3 Å². The van der Waals surface area contributed by atoms with Gasteiger partial charge in [-0.2, -0.15) is 0 Å². The van der Waals surface area contributed by atoms with Crippen LogP contribution >= 0.6 is 23.3 Å². The number of benzene rings is 3. The highest BCUT2D eigenvalue weighted by molar-refractivity contribution is 7.97. The van der Waals surface area contributed by atoms with Crippen molar-refractivity contribution in [2.75, 3.05) is 5.32 Å². The molecular weight excluding hydrogens is 474 g/mol. The van der Waals surface area contributed by atoms with Gasteiger partial charge in [-0.1, -0.05) is 48.5 Å². The van der Waals surface area contributed by atoms with Crippen LogP contribution in [0.3, 0.4) is 0 Å². The predicted octanol–water partition coefficient (Wildman–Crippen LogP) is 6.28. The zero-order chi connectivity index (χ0) is 24.8. The number of anilines is 1. The number of thiophene rings is 1. The molecule has 0 fully saturated rings. The van der Waals surface area contributed by atoms with E-state index in [1.54, 1.807) is 35.4 Å². The summed E-state index contributed by atoms with van der Waals surface area (Å²) in [6, 6.07) is 24.1. The second kappa shape index (κ2) is 11.1. The summed E-state index contributed by atoms with van der Waals surface area (Å²) in [5.74, 6) is -0.520. The van der Waals surface area contributed by atoms with Crippen LogP contribution in [0.2, 0.25) is 0 Å². The summed E-state index contributed by atoms with van der Waals surface area (Å²) < 4.78 is 3.45. The lowest BCUT2D eigenvalue weighted by Gasteiger charge is -2.21. The fraction of sp³-hybridized carbons (Fsp3) is 0.214. The average molecular weight is 504 g/mol. The van der Waals surface area contributed by atoms with Gasteiger partial charge in [0.05, 0.1) is 0 Å². The molecule has 180 valence electrons. The quantitative estimate of drug-likeness (QED) is 0.248. The minimum absolute atomic E-state index is 0.0371. The number of carbonyl (C=O) groups is 2. The molecular formula is C28H29N3O2S2. The molecule has 0 unspecified atom stereocenters. The normalized spacial score (nSPS) is 12.3. The Hall–Kier alpha value is -3.13. The number of rotatable bonds is 8. The Morgan fingerprint density at radius 1 is 0.886 bits per heavy atom. The fourth-order valence-electron chi connectivity index (χ4n) is 3.58. The molecule has 0 bridgehead atoms. The summed E-state index contributed by atoms with van der Waals surface area (Å²) in [7, 11) is 0. The third-order valence-electron chi connectivity index (χ3n) is 5.25. The molecule has 35 heavy (non-hydrogen) atoms. The molecule has 0 radical (unpaired) electrons. The van der Waals surface area contributed by atoms with E-state index in [0.29, 0.717) is 12.0 Å². The number of nitrogens with one attached hydrogen (secondary N) is 3. The van der Waals surface area contributed by atoms with Crippen LogP contribution in [0, 0.1) is 0 Å². The molecule has 1 atom stereocenters. The van der Waals surface area contributed by atoms with Crippen molar-refractivity contribution in [2.45, 2.75) is 43.7 Å². The molecule has 0 aliphatic heterocycles. The maximum absolute atomic E-state index is 13.5. The van der Waals surface area contributed by atoms with E-state index < -0.39 is 6.04 Å². The van der Waals surface area contributed by atoms with Gasteiger partial charge in [-0.15, -0.1) is 11.3 Å². The molecule has 3 aromatic carbocycles. The third kappa shape index (κ3) is 6.72. The first-order chi connectivity index (χ1) is 16.8. The van der Waals surface area contributed by atoms with E-state index in [1.165, 1.54) is 0 Å². The summed E-state index contributed by atoms with van der Waals surface area (Å²) in [5, 5.41) is 9.98. The summed E-state index contributed by atoms with van der Waals surface area (Å²) >= 11 is 3.15. The Labute approximate surface area is 214 Å². The molecule has 3 N–H and O–H groups in total. The zero-order valence-electron chi connectivity index (χ0n) is 20.0. The topological polar surface area (TPSA) is 70.2 Å². The molecule has 0 aliphatic rings. The first-order valence-corrected chi connectivity index (χ1v) is 13.1. The standard InChI is InChI=1S/C28H29N3O2S2/c1-28(2,3)31-35-25-16-8-13-21-22(25)14-7-15-23(21)29-27(33)24(18-20-12-9-17-34-20)30-26(32)19-10-5-4-6-11-19/h4-17,24,31H,18H2,1-3H3,(H,29,33)(H,30,32)/t24-/m0/s1. The Morgan fingerprint density at radius 3 is 2.34 bits per heavy atom. The van der Waals surface area contributed by atoms with Crippen LogP contribution < -0.4 is 15.4 Å². The van der Waals surface area contributed by atoms with Gasteiger partial charge in [-0.3, -0.25) is 14.3 Å². The summed E-state index contributed by atoms with van der Waals surface area (Å²) in [4.78, 5) is 28.4. The van der Waals surface area contributed by atoms with Crippen LogP contribution in [0.25, 0.3) is 10.8 Å². The Bertz CT molecular complexity index is 1300. The molecule has 0 aliphatic carbocycles. The van der Waals surface area contributed by atoms with Gasteiger partial charge >= 0.3 is 0 Å². The van der Waals surface area contributed by atoms with Crippen molar-refractivity contribution >= 4 is 51.6 Å². The van der Waals surface area contributed by atoms with E-state index in [4.69, 9.17) is 0 Å². The maximum atomic E-state index is 13.5. The summed E-state index contributed by atoms with van der Waals surface area (Å²) in [6.07, 6.45) is 0.420. The van der Waals surface area contributed by atoms with Crippen molar-refractivity contribution in [2.24, 2.45) is 0 Å². The highest BCUT2D eigenvalue weighted by Gasteiger charge is 2.23. The lowest BCUT2D eigenvalue weighted by atomic mass is 10.1. The molecule has 4 aromatic rings. The van der Waals surface area contributed by atoms with Gasteiger partial charge in [0, 0.05) is 38.4 Å². The van der Waals surface area contributed by atoms with Gasteiger partial charge in [0.25, 0.3) is 5.91 Å². The number of hydrogen-bond donors (Lipinski definition) is 3. The molecule has 0 spiro atoms. The van der Waals surface area contributed by atoms with E-state index in [1.807, 2.05) is 60.0 Å². The second-order valence-electron chi connectivity index (χ2n) is 9.28. The average Bonchev–Trinajstić information content (AvgIpc) is 3.36. The smallest absolute Gasteiger partial charge is 0.251 e. The van der Waals surface area contributed by atoms with Gasteiger partial charge in [-0.05, 0) is 73.8 Å². The summed E-state index contributed by atoms with van der Waals surface area (Å²) in [6.45, 7) is 6.36. The van der Waals surface area contributed by atoms with E-state index >= 15 is 0 Å². The second-order valence-corrected chi connectivity index (χ2v) is 11.2. The van der Waals surface area contributed by atoms with Gasteiger partial charge < -0.3 is 10.6 Å². The van der Waals surface area contributed by atoms with Crippen molar-refractivity contribution in [1.82, 2.24) is 10.0 Å². The van der Waals surface area contributed by atoms with Crippen LogP contribution in [0.1, 0.15) is 36.0 Å². The fourth-order valence-corrected chi connectivity index (χ4v) is 5.18. The number of fused-ring (bicyclic) bond motifs is 1. The number of carbonyl (C=O) groups excluding carboxylic acids is 2. The Morgan fingerprint density at radius 2 is 1.63 bits per heavy atom. The van der Waals surface area contributed by atoms with Gasteiger partial charge in [0.15, 0.2) is 0 Å². The summed E-state index contributed by atoms with van der Waals surface area (Å²) in [5.41, 5.74) is 1.20. The van der Waals surface area contributed by atoms with Gasteiger partial charge in [0.2, 0.25) is 5.91 Å². The molecule has 7 heteroatoms. The first-order valence-electron chi connectivity index (χ1n) is 11.4. The van der Waals surface area contributed by atoms with Crippen LogP contribution in [0.15, 0.2) is 89.1 Å². The van der Waals surface area contributed by atoms with Crippen LogP contribution in [0.5, 0.6) is 0 Å². The van der Waals surface area contributed by atoms with Crippen LogP contribution in [-0.2, 0) is 11.2 Å². The predicted molar refractivity (Wildman–Crippen MR) is 147 cm³/mol. The SMILES string of the molecule is CC(C)(C)NSc1cccc2c(NC(=O)[C@H](Cc3cccs3)NC(=O)c3ccccc3)cccc12. The molecule has 5 nitrogen and oxygen atoms in total. The molecule has 1 heterocycles. The molecule has 2 amide bonds. The van der Waals surface area contributed by atoms with Crippen molar-refractivity contribution in [3.8, 4) is 0 Å².